The molecule has 0 aromatic carbocycles. The Morgan fingerprint density at radius 1 is 1.62 bits per heavy atom. The fourth-order valence-corrected chi connectivity index (χ4v) is 1.21. The highest BCUT2D eigenvalue weighted by atomic mass is 16.5. The fraction of sp³-hybridized carbons (Fsp3) is 0.889. The molecule has 0 heterocycles. The van der Waals surface area contributed by atoms with Gasteiger partial charge in [0, 0.05) is 13.2 Å². The molecule has 2 N–H and O–H groups in total. The van der Waals surface area contributed by atoms with Gasteiger partial charge in [-0.3, -0.25) is 4.79 Å². The van der Waals surface area contributed by atoms with Crippen molar-refractivity contribution in [1.29, 1.82) is 0 Å². The Morgan fingerprint density at radius 3 is 2.77 bits per heavy atom. The highest BCUT2D eigenvalue weighted by molar-refractivity contribution is 5.69. The molecule has 1 saturated carbocycles. The molecule has 1 rings (SSSR count). The molecule has 1 aliphatic rings. The minimum Gasteiger partial charge on any atom is -0.481 e. The lowest BCUT2D eigenvalue weighted by molar-refractivity contribution is -0.143. The summed E-state index contributed by atoms with van der Waals surface area (Å²) in [5.41, 5.74) is 0. The van der Waals surface area contributed by atoms with Crippen molar-refractivity contribution < 1.29 is 19.7 Å². The Morgan fingerprint density at radius 2 is 2.31 bits per heavy atom. The third-order valence-corrected chi connectivity index (χ3v) is 2.42. The van der Waals surface area contributed by atoms with Gasteiger partial charge >= 0.3 is 5.97 Å². The van der Waals surface area contributed by atoms with Gasteiger partial charge in [0.15, 0.2) is 0 Å². The minimum absolute atomic E-state index is 0.225. The zero-order valence-corrected chi connectivity index (χ0v) is 7.77. The summed E-state index contributed by atoms with van der Waals surface area (Å²) in [6.45, 7) is 2.70. The van der Waals surface area contributed by atoms with Gasteiger partial charge < -0.3 is 14.9 Å². The minimum atomic E-state index is -0.825. The van der Waals surface area contributed by atoms with Crippen LogP contribution in [0.3, 0.4) is 0 Å². The summed E-state index contributed by atoms with van der Waals surface area (Å²) in [6, 6.07) is 0. The molecule has 0 aromatic heterocycles. The van der Waals surface area contributed by atoms with E-state index in [9.17, 15) is 4.79 Å². The van der Waals surface area contributed by atoms with Gasteiger partial charge in [-0.2, -0.15) is 0 Å². The first-order valence-electron chi connectivity index (χ1n) is 4.56. The van der Waals surface area contributed by atoms with Crippen molar-refractivity contribution in [3.8, 4) is 0 Å². The van der Waals surface area contributed by atoms with E-state index in [-0.39, 0.29) is 13.2 Å². The average molecular weight is 188 g/mol. The lowest BCUT2D eigenvalue weighted by Gasteiger charge is -2.06. The first-order chi connectivity index (χ1) is 6.15. The lowest BCUT2D eigenvalue weighted by atomic mass is 10.2. The van der Waals surface area contributed by atoms with Crippen LogP contribution in [0, 0.1) is 17.8 Å². The van der Waals surface area contributed by atoms with Crippen LogP contribution >= 0.6 is 0 Å². The molecule has 1 aliphatic carbocycles. The van der Waals surface area contributed by atoms with Crippen LogP contribution in [-0.2, 0) is 9.53 Å². The molecular weight excluding hydrogens is 172 g/mol. The second-order valence-electron chi connectivity index (χ2n) is 3.72. The summed E-state index contributed by atoms with van der Waals surface area (Å²) in [7, 11) is 0. The first-order valence-corrected chi connectivity index (χ1v) is 4.56. The van der Waals surface area contributed by atoms with Crippen LogP contribution < -0.4 is 0 Å². The molecule has 0 spiro atoms. The Labute approximate surface area is 77.5 Å². The third-order valence-electron chi connectivity index (χ3n) is 2.42. The largest absolute Gasteiger partial charge is 0.481 e. The smallest absolute Gasteiger partial charge is 0.308 e. The van der Waals surface area contributed by atoms with Crippen LogP contribution in [0.25, 0.3) is 0 Å². The maximum Gasteiger partial charge on any atom is 0.308 e. The van der Waals surface area contributed by atoms with Gasteiger partial charge in [-0.1, -0.05) is 0 Å². The molecule has 13 heavy (non-hydrogen) atoms. The molecule has 4 nitrogen and oxygen atoms in total. The highest BCUT2D eigenvalue weighted by Crippen LogP contribution is 2.37. The van der Waals surface area contributed by atoms with Gasteiger partial charge in [0.25, 0.3) is 0 Å². The Kier molecular flexibility index (Phi) is 3.69. The fourth-order valence-electron chi connectivity index (χ4n) is 1.21. The van der Waals surface area contributed by atoms with Crippen LogP contribution in [0.4, 0.5) is 0 Å². The van der Waals surface area contributed by atoms with Crippen molar-refractivity contribution in [2.75, 3.05) is 19.8 Å². The van der Waals surface area contributed by atoms with Crippen LogP contribution in [-0.4, -0.2) is 36.0 Å². The third kappa shape index (κ3) is 3.32. The van der Waals surface area contributed by atoms with Crippen molar-refractivity contribution in [2.45, 2.75) is 13.3 Å². The molecule has 0 aliphatic heterocycles. The predicted molar refractivity (Wildman–Crippen MR) is 46.3 cm³/mol. The zero-order valence-electron chi connectivity index (χ0n) is 7.77. The van der Waals surface area contributed by atoms with E-state index in [0.29, 0.717) is 18.4 Å². The second-order valence-corrected chi connectivity index (χ2v) is 3.72. The molecule has 0 saturated heterocycles. The number of aliphatic carboxylic acids is 1. The van der Waals surface area contributed by atoms with E-state index in [4.69, 9.17) is 14.9 Å². The number of carboxylic acids is 1. The van der Waals surface area contributed by atoms with Crippen LogP contribution in [0.1, 0.15) is 13.3 Å². The van der Waals surface area contributed by atoms with Crippen molar-refractivity contribution >= 4 is 5.97 Å². The topological polar surface area (TPSA) is 66.8 Å². The molecule has 1 unspecified atom stereocenters. The number of aliphatic hydroxyl groups is 1. The number of hydrogen-bond donors (Lipinski definition) is 2. The summed E-state index contributed by atoms with van der Waals surface area (Å²) < 4.78 is 5.22. The van der Waals surface area contributed by atoms with Gasteiger partial charge in [-0.25, -0.2) is 0 Å². The van der Waals surface area contributed by atoms with Crippen molar-refractivity contribution in [2.24, 2.45) is 17.8 Å². The molecule has 0 bridgehead atoms. The quantitative estimate of drug-likeness (QED) is 0.631. The number of carbonyl (C=O) groups is 1. The summed E-state index contributed by atoms with van der Waals surface area (Å²) in [4.78, 5) is 10.4. The number of aliphatic hydroxyl groups excluding tert-OH is 1. The first kappa shape index (κ1) is 10.5. The van der Waals surface area contributed by atoms with Crippen molar-refractivity contribution in [3.63, 3.8) is 0 Å². The van der Waals surface area contributed by atoms with Gasteiger partial charge in [0.2, 0.25) is 0 Å². The Bertz CT molecular complexity index is 180. The van der Waals surface area contributed by atoms with E-state index in [0.717, 1.165) is 6.42 Å². The van der Waals surface area contributed by atoms with Gasteiger partial charge in [-0.05, 0) is 25.2 Å². The molecule has 3 atom stereocenters. The van der Waals surface area contributed by atoms with E-state index in [1.165, 1.54) is 0 Å². The Hall–Kier alpha value is -0.610. The molecule has 0 radical (unpaired) electrons. The Balaban J connectivity index is 1.99. The maximum atomic E-state index is 10.4. The monoisotopic (exact) mass is 188 g/mol. The van der Waals surface area contributed by atoms with Gasteiger partial charge in [0.1, 0.15) is 0 Å². The van der Waals surface area contributed by atoms with E-state index >= 15 is 0 Å². The summed E-state index contributed by atoms with van der Waals surface area (Å²) >= 11 is 0. The molecule has 76 valence electrons. The van der Waals surface area contributed by atoms with E-state index in [1.807, 2.05) is 0 Å². The maximum absolute atomic E-state index is 10.4. The molecule has 1 fully saturated rings. The van der Waals surface area contributed by atoms with Crippen molar-refractivity contribution in [3.05, 3.63) is 0 Å². The number of rotatable bonds is 6. The van der Waals surface area contributed by atoms with Gasteiger partial charge in [0.05, 0.1) is 12.5 Å². The van der Waals surface area contributed by atoms with Crippen LogP contribution in [0.15, 0.2) is 0 Å². The molecule has 0 aromatic rings. The number of hydrogen-bond acceptors (Lipinski definition) is 3. The van der Waals surface area contributed by atoms with E-state index in [1.54, 1.807) is 6.92 Å². The molecule has 0 amide bonds. The number of ether oxygens (including phenoxy) is 1. The summed E-state index contributed by atoms with van der Waals surface area (Å²) in [5.74, 6) is -0.424. The summed E-state index contributed by atoms with van der Waals surface area (Å²) in [6.07, 6.45) is 1.01. The van der Waals surface area contributed by atoms with E-state index in [2.05, 4.69) is 0 Å². The van der Waals surface area contributed by atoms with Crippen LogP contribution in [0.5, 0.6) is 0 Å². The second kappa shape index (κ2) is 4.58. The SMILES string of the molecule is CC(COC[C@@H]1C[C@H]1CO)C(=O)O. The number of carboxylic acid groups (broad SMARTS) is 1. The lowest BCUT2D eigenvalue weighted by Crippen LogP contribution is -2.17. The highest BCUT2D eigenvalue weighted by Gasteiger charge is 2.36. The average Bonchev–Trinajstić information content (AvgIpc) is 2.83. The van der Waals surface area contributed by atoms with Gasteiger partial charge in [-0.15, -0.1) is 0 Å². The van der Waals surface area contributed by atoms with Crippen LogP contribution in [0.2, 0.25) is 0 Å². The predicted octanol–water partition coefficient (Wildman–Crippen LogP) is 0.352. The molecule has 4 heteroatoms. The normalized spacial score (nSPS) is 28.5. The standard InChI is InChI=1S/C9H16O4/c1-6(9(11)12)4-13-5-8-2-7(8)3-10/h6-8,10H,2-5H2,1H3,(H,11,12)/t6?,7-,8-/m0/s1. The summed E-state index contributed by atoms with van der Waals surface area (Å²) in [5, 5.41) is 17.3. The zero-order chi connectivity index (χ0) is 9.84. The molecular formula is C9H16O4. The van der Waals surface area contributed by atoms with E-state index < -0.39 is 11.9 Å². The van der Waals surface area contributed by atoms with Crippen molar-refractivity contribution in [1.82, 2.24) is 0 Å².